The standard InChI is InChI=1S/C31H22/c1-21-27-13-7-8-14-29(27)31(23-10-3-2-4-11-23)30-20-26(17-18-28(21)30)25-16-15-22-9-5-6-12-24(22)19-25/h2-20H,1H3. The van der Waals surface area contributed by atoms with Crippen molar-refractivity contribution in [3.8, 4) is 22.3 Å². The number of rotatable bonds is 2. The molecule has 0 heteroatoms. The molecule has 0 aromatic heterocycles. The van der Waals surface area contributed by atoms with E-state index in [0.717, 1.165) is 0 Å². The lowest BCUT2D eigenvalue weighted by Gasteiger charge is -2.16. The fraction of sp³-hybridized carbons (Fsp3) is 0.0323. The number of fused-ring (bicyclic) bond motifs is 3. The molecule has 0 aliphatic rings. The van der Waals surface area contributed by atoms with Crippen molar-refractivity contribution in [2.75, 3.05) is 0 Å². The quantitative estimate of drug-likeness (QED) is 0.257. The van der Waals surface area contributed by atoms with Gasteiger partial charge in [0.1, 0.15) is 0 Å². The van der Waals surface area contributed by atoms with Crippen LogP contribution in [-0.4, -0.2) is 0 Å². The molecular formula is C31H22. The van der Waals surface area contributed by atoms with Gasteiger partial charge in [0.25, 0.3) is 0 Å². The van der Waals surface area contributed by atoms with E-state index < -0.39 is 0 Å². The first-order valence-electron chi connectivity index (χ1n) is 10.8. The van der Waals surface area contributed by atoms with Crippen LogP contribution in [0, 0.1) is 6.92 Å². The third-order valence-electron chi connectivity index (χ3n) is 6.44. The Hall–Kier alpha value is -3.90. The molecule has 0 aliphatic carbocycles. The summed E-state index contributed by atoms with van der Waals surface area (Å²) in [6, 6.07) is 41.8. The molecule has 0 unspecified atom stereocenters. The molecule has 0 heterocycles. The predicted molar refractivity (Wildman–Crippen MR) is 135 cm³/mol. The Balaban J connectivity index is 1.69. The predicted octanol–water partition coefficient (Wildman–Crippen LogP) is 8.79. The lowest BCUT2D eigenvalue weighted by Crippen LogP contribution is -1.90. The maximum absolute atomic E-state index is 2.38. The van der Waals surface area contributed by atoms with Crippen LogP contribution in [0.2, 0.25) is 0 Å². The summed E-state index contributed by atoms with van der Waals surface area (Å²) in [5.74, 6) is 0. The third kappa shape index (κ3) is 2.92. The Bertz CT molecular complexity index is 1570. The van der Waals surface area contributed by atoms with Crippen molar-refractivity contribution in [1.82, 2.24) is 0 Å². The van der Waals surface area contributed by atoms with Crippen LogP contribution in [0.4, 0.5) is 0 Å². The minimum absolute atomic E-state index is 1.25. The number of aryl methyl sites for hydroxylation is 1. The van der Waals surface area contributed by atoms with E-state index in [-0.39, 0.29) is 0 Å². The average Bonchev–Trinajstić information content (AvgIpc) is 2.84. The Labute approximate surface area is 182 Å². The van der Waals surface area contributed by atoms with Crippen LogP contribution < -0.4 is 0 Å². The molecule has 146 valence electrons. The normalized spacial score (nSPS) is 11.4. The van der Waals surface area contributed by atoms with Crippen molar-refractivity contribution in [1.29, 1.82) is 0 Å². The largest absolute Gasteiger partial charge is 0.0622 e. The van der Waals surface area contributed by atoms with Crippen molar-refractivity contribution in [2.45, 2.75) is 6.92 Å². The summed E-state index contributed by atoms with van der Waals surface area (Å²) < 4.78 is 0. The highest BCUT2D eigenvalue weighted by atomic mass is 14.2. The molecule has 0 atom stereocenters. The van der Waals surface area contributed by atoms with Gasteiger partial charge in [0.05, 0.1) is 0 Å². The maximum atomic E-state index is 2.38. The second-order valence-corrected chi connectivity index (χ2v) is 8.23. The minimum Gasteiger partial charge on any atom is -0.0622 e. The van der Waals surface area contributed by atoms with E-state index in [1.807, 2.05) is 0 Å². The van der Waals surface area contributed by atoms with Crippen LogP contribution in [0.25, 0.3) is 54.6 Å². The van der Waals surface area contributed by atoms with E-state index in [1.165, 1.54) is 60.1 Å². The van der Waals surface area contributed by atoms with Crippen molar-refractivity contribution >= 4 is 32.3 Å². The molecule has 0 radical (unpaired) electrons. The third-order valence-corrected chi connectivity index (χ3v) is 6.44. The van der Waals surface area contributed by atoms with Gasteiger partial charge >= 0.3 is 0 Å². The van der Waals surface area contributed by atoms with E-state index in [0.29, 0.717) is 0 Å². The fourth-order valence-electron chi connectivity index (χ4n) is 4.86. The molecule has 6 aromatic rings. The van der Waals surface area contributed by atoms with Crippen LogP contribution in [0.15, 0.2) is 115 Å². The van der Waals surface area contributed by atoms with Crippen LogP contribution in [0.3, 0.4) is 0 Å². The van der Waals surface area contributed by atoms with Gasteiger partial charge in [0.2, 0.25) is 0 Å². The first-order valence-corrected chi connectivity index (χ1v) is 10.8. The average molecular weight is 395 g/mol. The molecule has 31 heavy (non-hydrogen) atoms. The lowest BCUT2D eigenvalue weighted by atomic mass is 9.87. The van der Waals surface area contributed by atoms with Crippen LogP contribution in [0.1, 0.15) is 5.56 Å². The van der Waals surface area contributed by atoms with E-state index in [2.05, 4.69) is 122 Å². The molecule has 6 aromatic carbocycles. The molecule has 0 nitrogen and oxygen atoms in total. The van der Waals surface area contributed by atoms with Gasteiger partial charge in [0.15, 0.2) is 0 Å². The van der Waals surface area contributed by atoms with E-state index >= 15 is 0 Å². The summed E-state index contributed by atoms with van der Waals surface area (Å²) in [5.41, 5.74) is 6.43. The maximum Gasteiger partial charge on any atom is -0.00264 e. The van der Waals surface area contributed by atoms with Crippen molar-refractivity contribution in [3.63, 3.8) is 0 Å². The van der Waals surface area contributed by atoms with Gasteiger partial charge in [0, 0.05) is 0 Å². The second-order valence-electron chi connectivity index (χ2n) is 8.23. The zero-order valence-corrected chi connectivity index (χ0v) is 17.5. The summed E-state index contributed by atoms with van der Waals surface area (Å²) in [7, 11) is 0. The van der Waals surface area contributed by atoms with Crippen molar-refractivity contribution in [3.05, 3.63) is 121 Å². The SMILES string of the molecule is Cc1c2ccccc2c(-c2ccccc2)c2cc(-c3ccc4ccccc4c3)ccc12. The van der Waals surface area contributed by atoms with E-state index in [9.17, 15) is 0 Å². The van der Waals surface area contributed by atoms with Gasteiger partial charge in [-0.25, -0.2) is 0 Å². The number of hydrogen-bond acceptors (Lipinski definition) is 0. The van der Waals surface area contributed by atoms with Gasteiger partial charge in [-0.15, -0.1) is 0 Å². The summed E-state index contributed by atoms with van der Waals surface area (Å²) in [6.45, 7) is 2.25. The molecular weight excluding hydrogens is 372 g/mol. The van der Waals surface area contributed by atoms with E-state index in [4.69, 9.17) is 0 Å². The lowest BCUT2D eigenvalue weighted by molar-refractivity contribution is 1.57. The van der Waals surface area contributed by atoms with Gasteiger partial charge in [-0.1, -0.05) is 103 Å². The molecule has 0 amide bonds. The Kier molecular flexibility index (Phi) is 4.11. The highest BCUT2D eigenvalue weighted by molar-refractivity contribution is 6.15. The fourth-order valence-corrected chi connectivity index (χ4v) is 4.86. The zero-order chi connectivity index (χ0) is 20.8. The zero-order valence-electron chi connectivity index (χ0n) is 17.5. The Morgan fingerprint density at radius 2 is 1.00 bits per heavy atom. The molecule has 0 spiro atoms. The summed E-state index contributed by atoms with van der Waals surface area (Å²) in [5, 5.41) is 7.83. The van der Waals surface area contributed by atoms with Crippen molar-refractivity contribution in [2.24, 2.45) is 0 Å². The molecule has 6 rings (SSSR count). The Morgan fingerprint density at radius 1 is 0.387 bits per heavy atom. The summed E-state index contributed by atoms with van der Waals surface area (Å²) >= 11 is 0. The van der Waals surface area contributed by atoms with Crippen LogP contribution in [0.5, 0.6) is 0 Å². The molecule has 0 bridgehead atoms. The monoisotopic (exact) mass is 394 g/mol. The van der Waals surface area contributed by atoms with Gasteiger partial charge in [-0.05, 0) is 79.2 Å². The molecule has 0 saturated carbocycles. The highest BCUT2D eigenvalue weighted by Crippen LogP contribution is 2.40. The highest BCUT2D eigenvalue weighted by Gasteiger charge is 2.14. The minimum atomic E-state index is 1.25. The topological polar surface area (TPSA) is 0 Å². The molecule has 0 fully saturated rings. The van der Waals surface area contributed by atoms with Gasteiger partial charge in [-0.3, -0.25) is 0 Å². The molecule has 0 N–H and O–H groups in total. The number of benzene rings is 6. The van der Waals surface area contributed by atoms with Crippen molar-refractivity contribution < 1.29 is 0 Å². The first kappa shape index (κ1) is 17.9. The van der Waals surface area contributed by atoms with Crippen LogP contribution in [-0.2, 0) is 0 Å². The van der Waals surface area contributed by atoms with Gasteiger partial charge < -0.3 is 0 Å². The van der Waals surface area contributed by atoms with E-state index in [1.54, 1.807) is 0 Å². The first-order chi connectivity index (χ1) is 15.3. The summed E-state index contributed by atoms with van der Waals surface area (Å²) in [6.07, 6.45) is 0. The summed E-state index contributed by atoms with van der Waals surface area (Å²) in [4.78, 5) is 0. The number of hydrogen-bond donors (Lipinski definition) is 0. The smallest absolute Gasteiger partial charge is 0.00264 e. The van der Waals surface area contributed by atoms with Crippen LogP contribution >= 0.6 is 0 Å². The van der Waals surface area contributed by atoms with Gasteiger partial charge in [-0.2, -0.15) is 0 Å². The second kappa shape index (κ2) is 7.11. The molecule has 0 saturated heterocycles. The molecule has 0 aliphatic heterocycles. The Morgan fingerprint density at radius 3 is 1.84 bits per heavy atom.